The van der Waals surface area contributed by atoms with Crippen molar-refractivity contribution in [3.63, 3.8) is 0 Å². The van der Waals surface area contributed by atoms with Crippen molar-refractivity contribution in [2.45, 2.75) is 109 Å². The lowest BCUT2D eigenvalue weighted by molar-refractivity contribution is -0.137. The van der Waals surface area contributed by atoms with Crippen LogP contribution in [-0.2, 0) is 14.3 Å². The molecule has 3 aliphatic rings. The lowest BCUT2D eigenvalue weighted by Gasteiger charge is -2.36. The second-order valence-corrected chi connectivity index (χ2v) is 9.82. The molecule has 26 heavy (non-hydrogen) atoms. The van der Waals surface area contributed by atoms with Crippen molar-refractivity contribution in [1.82, 2.24) is 4.90 Å². The van der Waals surface area contributed by atoms with E-state index >= 15 is 0 Å². The van der Waals surface area contributed by atoms with E-state index in [9.17, 15) is 9.59 Å². The summed E-state index contributed by atoms with van der Waals surface area (Å²) in [5.74, 6) is 0.874. The van der Waals surface area contributed by atoms with Gasteiger partial charge in [-0.05, 0) is 59.8 Å². The van der Waals surface area contributed by atoms with E-state index in [1.165, 1.54) is 32.1 Å². The fourth-order valence-electron chi connectivity index (χ4n) is 4.49. The molecule has 0 aromatic heterocycles. The van der Waals surface area contributed by atoms with Gasteiger partial charge in [0.05, 0.1) is 6.04 Å². The minimum Gasteiger partial charge on any atom is -0.444 e. The van der Waals surface area contributed by atoms with Gasteiger partial charge in [-0.1, -0.05) is 32.1 Å². The first-order chi connectivity index (χ1) is 12.1. The van der Waals surface area contributed by atoms with Crippen molar-refractivity contribution >= 4 is 11.9 Å². The van der Waals surface area contributed by atoms with Crippen LogP contribution in [0.5, 0.6) is 0 Å². The van der Waals surface area contributed by atoms with E-state index in [2.05, 4.69) is 0 Å². The predicted molar refractivity (Wildman–Crippen MR) is 99.7 cm³/mol. The molecule has 0 N–H and O–H groups in total. The van der Waals surface area contributed by atoms with Gasteiger partial charge in [-0.2, -0.15) is 0 Å². The van der Waals surface area contributed by atoms with Crippen molar-refractivity contribution in [3.05, 3.63) is 0 Å². The van der Waals surface area contributed by atoms with Crippen molar-refractivity contribution in [2.24, 2.45) is 11.8 Å². The Bertz CT molecular complexity index is 541. The van der Waals surface area contributed by atoms with E-state index in [4.69, 9.17) is 9.47 Å². The summed E-state index contributed by atoms with van der Waals surface area (Å²) in [4.78, 5) is 27.6. The number of hydrogen-bond donors (Lipinski definition) is 0. The summed E-state index contributed by atoms with van der Waals surface area (Å²) >= 11 is 0. The summed E-state index contributed by atoms with van der Waals surface area (Å²) in [6, 6.07) is -0.212. The molecule has 5 heteroatoms. The molecule has 3 rings (SSSR count). The summed E-state index contributed by atoms with van der Waals surface area (Å²) in [6.45, 7) is 9.38. The lowest BCUT2D eigenvalue weighted by atomic mass is 9.82. The van der Waals surface area contributed by atoms with Crippen LogP contribution in [0.2, 0.25) is 0 Å². The number of amides is 1. The highest BCUT2D eigenvalue weighted by molar-refractivity contribution is 5.89. The van der Waals surface area contributed by atoms with Gasteiger partial charge in [-0.15, -0.1) is 0 Å². The molecule has 1 amide bonds. The Morgan fingerprint density at radius 2 is 1.69 bits per heavy atom. The van der Waals surface area contributed by atoms with Gasteiger partial charge in [-0.25, -0.2) is 4.79 Å². The van der Waals surface area contributed by atoms with E-state index in [1.807, 2.05) is 34.6 Å². The van der Waals surface area contributed by atoms with Gasteiger partial charge in [0.15, 0.2) is 5.78 Å². The van der Waals surface area contributed by atoms with Crippen LogP contribution in [0.4, 0.5) is 4.79 Å². The van der Waals surface area contributed by atoms with Crippen molar-refractivity contribution in [1.29, 1.82) is 0 Å². The van der Waals surface area contributed by atoms with Crippen LogP contribution < -0.4 is 0 Å². The van der Waals surface area contributed by atoms with Crippen LogP contribution in [0, 0.1) is 11.8 Å². The first-order valence-corrected chi connectivity index (χ1v) is 10.3. The zero-order valence-corrected chi connectivity index (χ0v) is 17.0. The van der Waals surface area contributed by atoms with Gasteiger partial charge in [0, 0.05) is 5.92 Å². The molecule has 148 valence electrons. The quantitative estimate of drug-likeness (QED) is 0.726. The van der Waals surface area contributed by atoms with Crippen molar-refractivity contribution < 1.29 is 19.1 Å². The maximum atomic E-state index is 13.0. The minimum atomic E-state index is -0.823. The highest BCUT2D eigenvalue weighted by Crippen LogP contribution is 2.43. The molecule has 0 aromatic rings. The average Bonchev–Trinajstić information content (AvgIpc) is 3.31. The molecule has 1 saturated heterocycles. The standard InChI is InChI=1S/C21H35NO4/c1-20(2,3)26-19(24)22-16(13-14-9-7-6-8-10-14)18(25-21(22,4)5)17(23)15-11-12-15/h14-16,18H,6-13H2,1-5H3/t16-,18+/m0/s1. The smallest absolute Gasteiger partial charge is 0.412 e. The van der Waals surface area contributed by atoms with Crippen LogP contribution in [0.3, 0.4) is 0 Å². The molecule has 0 bridgehead atoms. The molecule has 0 spiro atoms. The van der Waals surface area contributed by atoms with Crippen LogP contribution in [0.25, 0.3) is 0 Å². The highest BCUT2D eigenvalue weighted by atomic mass is 16.6. The van der Waals surface area contributed by atoms with E-state index in [-0.39, 0.29) is 23.8 Å². The molecule has 2 atom stereocenters. The Morgan fingerprint density at radius 3 is 2.23 bits per heavy atom. The number of ether oxygens (including phenoxy) is 2. The van der Waals surface area contributed by atoms with Gasteiger partial charge in [0.1, 0.15) is 17.4 Å². The molecule has 2 saturated carbocycles. The Balaban J connectivity index is 1.83. The number of carbonyl (C=O) groups excluding carboxylic acids is 2. The normalized spacial score (nSPS) is 29.7. The Hall–Kier alpha value is -1.10. The number of nitrogens with zero attached hydrogens (tertiary/aromatic N) is 1. The van der Waals surface area contributed by atoms with Gasteiger partial charge < -0.3 is 9.47 Å². The van der Waals surface area contributed by atoms with Crippen LogP contribution in [0.1, 0.15) is 86.0 Å². The monoisotopic (exact) mass is 365 g/mol. The number of Topliss-reactive ketones (excluding diaryl/α,β-unsaturated/α-hetero) is 1. The molecule has 1 aliphatic heterocycles. The summed E-state index contributed by atoms with van der Waals surface area (Å²) < 4.78 is 11.9. The van der Waals surface area contributed by atoms with Crippen molar-refractivity contribution in [3.8, 4) is 0 Å². The zero-order chi connectivity index (χ0) is 19.1. The molecule has 2 aliphatic carbocycles. The second-order valence-electron chi connectivity index (χ2n) is 9.82. The molecule has 3 fully saturated rings. The Labute approximate surface area is 157 Å². The molecule has 0 radical (unpaired) electrons. The summed E-state index contributed by atoms with van der Waals surface area (Å²) in [5.41, 5.74) is -1.39. The van der Waals surface area contributed by atoms with E-state index in [1.54, 1.807) is 4.90 Å². The summed E-state index contributed by atoms with van der Waals surface area (Å²) in [5, 5.41) is 0. The average molecular weight is 366 g/mol. The highest BCUT2D eigenvalue weighted by Gasteiger charge is 2.55. The summed E-state index contributed by atoms with van der Waals surface area (Å²) in [6.07, 6.45) is 8.04. The van der Waals surface area contributed by atoms with E-state index in [0.29, 0.717) is 5.92 Å². The molecule has 0 unspecified atom stereocenters. The third-order valence-corrected chi connectivity index (χ3v) is 5.83. The fraction of sp³-hybridized carbons (Fsp3) is 0.905. The third kappa shape index (κ3) is 4.41. The number of rotatable bonds is 4. The number of hydrogen-bond acceptors (Lipinski definition) is 4. The van der Waals surface area contributed by atoms with Gasteiger partial charge in [0.2, 0.25) is 0 Å². The predicted octanol–water partition coefficient (Wildman–Crippen LogP) is 4.68. The topological polar surface area (TPSA) is 55.8 Å². The SMILES string of the molecule is CC(C)(C)OC(=O)N1[C@@H](CC2CCCCC2)[C@H](C(=O)C2CC2)OC1(C)C. The van der Waals surface area contributed by atoms with Gasteiger partial charge in [-0.3, -0.25) is 9.69 Å². The Kier molecular flexibility index (Phi) is 5.40. The van der Waals surface area contributed by atoms with Crippen LogP contribution >= 0.6 is 0 Å². The van der Waals surface area contributed by atoms with Gasteiger partial charge in [0.25, 0.3) is 0 Å². The molecule has 5 nitrogen and oxygen atoms in total. The lowest BCUT2D eigenvalue weighted by Crippen LogP contribution is -2.51. The first kappa shape index (κ1) is 19.7. The largest absolute Gasteiger partial charge is 0.444 e. The van der Waals surface area contributed by atoms with Gasteiger partial charge >= 0.3 is 6.09 Å². The number of carbonyl (C=O) groups is 2. The maximum absolute atomic E-state index is 13.0. The molecule has 0 aromatic carbocycles. The zero-order valence-electron chi connectivity index (χ0n) is 17.0. The second kappa shape index (κ2) is 7.14. The maximum Gasteiger partial charge on any atom is 0.412 e. The minimum absolute atomic E-state index is 0.128. The van der Waals surface area contributed by atoms with E-state index < -0.39 is 17.4 Å². The van der Waals surface area contributed by atoms with Crippen LogP contribution in [-0.4, -0.2) is 40.2 Å². The van der Waals surface area contributed by atoms with E-state index in [0.717, 1.165) is 19.3 Å². The number of ketones is 1. The molecular weight excluding hydrogens is 330 g/mol. The molecule has 1 heterocycles. The molecular formula is C21H35NO4. The Morgan fingerprint density at radius 1 is 1.08 bits per heavy atom. The van der Waals surface area contributed by atoms with Crippen LogP contribution in [0.15, 0.2) is 0 Å². The summed E-state index contributed by atoms with van der Waals surface area (Å²) in [7, 11) is 0. The third-order valence-electron chi connectivity index (χ3n) is 5.83. The fourth-order valence-corrected chi connectivity index (χ4v) is 4.49. The van der Waals surface area contributed by atoms with Crippen molar-refractivity contribution in [2.75, 3.05) is 0 Å². The first-order valence-electron chi connectivity index (χ1n) is 10.3.